The van der Waals surface area contributed by atoms with E-state index in [1.54, 1.807) is 6.92 Å². The molecule has 0 aliphatic rings. The van der Waals surface area contributed by atoms with Crippen molar-refractivity contribution in [2.45, 2.75) is 25.7 Å². The van der Waals surface area contributed by atoms with Crippen molar-refractivity contribution in [1.82, 2.24) is 14.9 Å². The largest absolute Gasteiger partial charge is 0.351 e. The van der Waals surface area contributed by atoms with Crippen LogP contribution >= 0.6 is 0 Å². The van der Waals surface area contributed by atoms with Gasteiger partial charge >= 0.3 is 0 Å². The van der Waals surface area contributed by atoms with Crippen LogP contribution in [0.2, 0.25) is 0 Å². The summed E-state index contributed by atoms with van der Waals surface area (Å²) < 4.78 is 26.1. The molecule has 130 valence electrons. The maximum absolute atomic E-state index is 12.2. The first kappa shape index (κ1) is 19.6. The van der Waals surface area contributed by atoms with Crippen molar-refractivity contribution in [3.63, 3.8) is 0 Å². The molecule has 0 aliphatic carbocycles. The fourth-order valence-corrected chi connectivity index (χ4v) is 3.43. The van der Waals surface area contributed by atoms with E-state index in [1.807, 2.05) is 14.1 Å². The summed E-state index contributed by atoms with van der Waals surface area (Å²) in [5, 5.41) is 2.90. The van der Waals surface area contributed by atoms with Crippen molar-refractivity contribution in [2.75, 3.05) is 33.7 Å². The van der Waals surface area contributed by atoms with Crippen LogP contribution in [-0.4, -0.2) is 53.0 Å². The Morgan fingerprint density at radius 1 is 1.17 bits per heavy atom. The van der Waals surface area contributed by atoms with Crippen LogP contribution in [0.5, 0.6) is 0 Å². The van der Waals surface area contributed by atoms with E-state index in [0.717, 1.165) is 6.54 Å². The summed E-state index contributed by atoms with van der Waals surface area (Å²) in [6.45, 7) is 7.60. The third-order valence-electron chi connectivity index (χ3n) is 3.23. The number of rotatable bonds is 8. The Balaban J connectivity index is 2.72. The Kier molecular flexibility index (Phi) is 6.73. The third kappa shape index (κ3) is 6.29. The van der Waals surface area contributed by atoms with Gasteiger partial charge in [-0.05, 0) is 43.8 Å². The minimum absolute atomic E-state index is 0.0481. The van der Waals surface area contributed by atoms with Crippen LogP contribution in [0, 0.1) is 5.41 Å². The Bertz CT molecular complexity index is 622. The van der Waals surface area contributed by atoms with Gasteiger partial charge in [-0.1, -0.05) is 20.8 Å². The lowest BCUT2D eigenvalue weighted by Gasteiger charge is -2.28. The summed E-state index contributed by atoms with van der Waals surface area (Å²) in [6.07, 6.45) is 0. The van der Waals surface area contributed by atoms with Gasteiger partial charge in [0.25, 0.3) is 5.91 Å². The molecule has 1 rings (SSSR count). The summed E-state index contributed by atoms with van der Waals surface area (Å²) in [4.78, 5) is 14.4. The highest BCUT2D eigenvalue weighted by atomic mass is 32.2. The molecule has 1 aromatic carbocycles. The first-order valence-electron chi connectivity index (χ1n) is 7.60. The van der Waals surface area contributed by atoms with Crippen molar-refractivity contribution < 1.29 is 13.2 Å². The van der Waals surface area contributed by atoms with Crippen molar-refractivity contribution >= 4 is 15.9 Å². The highest BCUT2D eigenvalue weighted by Crippen LogP contribution is 2.15. The molecule has 0 spiro atoms. The van der Waals surface area contributed by atoms with Gasteiger partial charge in [-0.2, -0.15) is 0 Å². The van der Waals surface area contributed by atoms with Gasteiger partial charge in [-0.25, -0.2) is 13.1 Å². The van der Waals surface area contributed by atoms with Crippen molar-refractivity contribution in [3.05, 3.63) is 29.8 Å². The quantitative estimate of drug-likeness (QED) is 0.747. The summed E-state index contributed by atoms with van der Waals surface area (Å²) in [5.41, 5.74) is 0.397. The number of amides is 1. The van der Waals surface area contributed by atoms with Crippen LogP contribution in [0.15, 0.2) is 29.2 Å². The minimum atomic E-state index is -3.49. The molecule has 1 amide bonds. The van der Waals surface area contributed by atoms with E-state index in [9.17, 15) is 13.2 Å². The maximum atomic E-state index is 12.2. The molecule has 0 unspecified atom stereocenters. The van der Waals surface area contributed by atoms with Crippen molar-refractivity contribution in [2.24, 2.45) is 5.41 Å². The van der Waals surface area contributed by atoms with Crippen LogP contribution in [0.3, 0.4) is 0 Å². The lowest BCUT2D eigenvalue weighted by atomic mass is 9.93. The molecule has 0 saturated heterocycles. The van der Waals surface area contributed by atoms with Crippen molar-refractivity contribution in [1.29, 1.82) is 0 Å². The molecular weight excluding hydrogens is 314 g/mol. The molecule has 0 aromatic heterocycles. The number of benzene rings is 1. The number of carbonyl (C=O) groups is 1. The highest BCUT2D eigenvalue weighted by Gasteiger charge is 2.20. The van der Waals surface area contributed by atoms with Crippen molar-refractivity contribution in [3.8, 4) is 0 Å². The van der Waals surface area contributed by atoms with Gasteiger partial charge in [0.05, 0.1) is 4.90 Å². The Morgan fingerprint density at radius 2 is 1.74 bits per heavy atom. The molecule has 0 radical (unpaired) electrons. The van der Waals surface area contributed by atoms with E-state index >= 15 is 0 Å². The molecule has 6 nitrogen and oxygen atoms in total. The van der Waals surface area contributed by atoms with E-state index in [4.69, 9.17) is 0 Å². The summed E-state index contributed by atoms with van der Waals surface area (Å²) >= 11 is 0. The topological polar surface area (TPSA) is 78.5 Å². The number of carbonyl (C=O) groups excluding carboxylic acids is 1. The second-order valence-corrected chi connectivity index (χ2v) is 8.38. The van der Waals surface area contributed by atoms with E-state index < -0.39 is 10.0 Å². The standard InChI is InChI=1S/C16H27N3O3S/c1-6-18-23(21,22)14-9-7-13(8-10-14)15(20)17-11-16(2,3)12-19(4)5/h7-10,18H,6,11-12H2,1-5H3,(H,17,20). The molecule has 0 fully saturated rings. The first-order valence-corrected chi connectivity index (χ1v) is 9.08. The van der Waals surface area contributed by atoms with Crippen LogP contribution in [0.4, 0.5) is 0 Å². The summed E-state index contributed by atoms with van der Waals surface area (Å²) in [5.74, 6) is -0.204. The van der Waals surface area contributed by atoms with E-state index in [2.05, 4.69) is 28.8 Å². The van der Waals surface area contributed by atoms with Crippen LogP contribution in [0.1, 0.15) is 31.1 Å². The number of hydrogen-bond donors (Lipinski definition) is 2. The molecule has 2 N–H and O–H groups in total. The second kappa shape index (κ2) is 7.90. The normalized spacial score (nSPS) is 12.4. The van der Waals surface area contributed by atoms with Crippen LogP contribution < -0.4 is 10.0 Å². The molecule has 0 aliphatic heterocycles. The highest BCUT2D eigenvalue weighted by molar-refractivity contribution is 7.89. The fraction of sp³-hybridized carbons (Fsp3) is 0.562. The zero-order valence-corrected chi connectivity index (χ0v) is 15.3. The average molecular weight is 341 g/mol. The predicted octanol–water partition coefficient (Wildman–Crippen LogP) is 1.30. The molecule has 0 heterocycles. The van der Waals surface area contributed by atoms with Gasteiger partial charge in [-0.15, -0.1) is 0 Å². The zero-order chi connectivity index (χ0) is 17.7. The van der Waals surface area contributed by atoms with E-state index in [1.165, 1.54) is 24.3 Å². The number of nitrogens with zero attached hydrogens (tertiary/aromatic N) is 1. The molecular formula is C16H27N3O3S. The number of nitrogens with one attached hydrogen (secondary N) is 2. The number of hydrogen-bond acceptors (Lipinski definition) is 4. The van der Waals surface area contributed by atoms with Gasteiger partial charge in [-0.3, -0.25) is 4.79 Å². The lowest BCUT2D eigenvalue weighted by Crippen LogP contribution is -2.39. The van der Waals surface area contributed by atoms with Gasteiger partial charge in [0.2, 0.25) is 10.0 Å². The monoisotopic (exact) mass is 341 g/mol. The SMILES string of the molecule is CCNS(=O)(=O)c1ccc(C(=O)NCC(C)(C)CN(C)C)cc1. The summed E-state index contributed by atoms with van der Waals surface area (Å²) in [6, 6.07) is 5.94. The predicted molar refractivity (Wildman–Crippen MR) is 92.0 cm³/mol. The maximum Gasteiger partial charge on any atom is 0.251 e. The molecule has 0 bridgehead atoms. The van der Waals surface area contributed by atoms with Gasteiger partial charge in [0.1, 0.15) is 0 Å². The molecule has 7 heteroatoms. The van der Waals surface area contributed by atoms with E-state index in [0.29, 0.717) is 18.7 Å². The Morgan fingerprint density at radius 3 is 2.22 bits per heavy atom. The zero-order valence-electron chi connectivity index (χ0n) is 14.5. The molecule has 0 saturated carbocycles. The van der Waals surface area contributed by atoms with E-state index in [-0.39, 0.29) is 16.2 Å². The summed E-state index contributed by atoms with van der Waals surface area (Å²) in [7, 11) is 0.497. The van der Waals surface area contributed by atoms with Gasteiger partial charge < -0.3 is 10.2 Å². The van der Waals surface area contributed by atoms with Crippen LogP contribution in [0.25, 0.3) is 0 Å². The van der Waals surface area contributed by atoms with Crippen LogP contribution in [-0.2, 0) is 10.0 Å². The van der Waals surface area contributed by atoms with Gasteiger partial charge in [0, 0.05) is 25.2 Å². The first-order chi connectivity index (χ1) is 10.6. The fourth-order valence-electron chi connectivity index (χ4n) is 2.39. The molecule has 1 aromatic rings. The Hall–Kier alpha value is -1.44. The molecule has 0 atom stereocenters. The molecule has 23 heavy (non-hydrogen) atoms. The third-order valence-corrected chi connectivity index (χ3v) is 4.79. The van der Waals surface area contributed by atoms with Gasteiger partial charge in [0.15, 0.2) is 0 Å². The Labute approximate surface area is 139 Å². The lowest BCUT2D eigenvalue weighted by molar-refractivity contribution is 0.0929. The smallest absolute Gasteiger partial charge is 0.251 e. The second-order valence-electron chi connectivity index (χ2n) is 6.61. The average Bonchev–Trinajstić information content (AvgIpc) is 2.43. The minimum Gasteiger partial charge on any atom is -0.351 e. The number of sulfonamides is 1.